The van der Waals surface area contributed by atoms with Gasteiger partial charge in [-0.05, 0) is 49.8 Å². The zero-order valence-corrected chi connectivity index (χ0v) is 14.1. The average Bonchev–Trinajstić information content (AvgIpc) is 3.33. The molecule has 1 heterocycles. The molecule has 1 amide bonds. The van der Waals surface area contributed by atoms with Crippen molar-refractivity contribution in [1.29, 1.82) is 0 Å². The molecule has 1 aliphatic heterocycles. The highest BCUT2D eigenvalue weighted by molar-refractivity contribution is 6.30. The third-order valence-corrected chi connectivity index (χ3v) is 5.19. The molecule has 1 saturated heterocycles. The minimum absolute atomic E-state index is 0.275. The Bertz CT molecular complexity index is 544. The predicted molar refractivity (Wildman–Crippen MR) is 89.9 cm³/mol. The van der Waals surface area contributed by atoms with Crippen molar-refractivity contribution in [3.05, 3.63) is 34.9 Å². The van der Waals surface area contributed by atoms with Crippen molar-refractivity contribution in [2.45, 2.75) is 45.2 Å². The normalized spacial score (nSPS) is 26.8. The molecule has 0 spiro atoms. The van der Waals surface area contributed by atoms with Gasteiger partial charge in [0.15, 0.2) is 0 Å². The number of halogens is 1. The minimum atomic E-state index is 0.275. The molecule has 1 aromatic rings. The summed E-state index contributed by atoms with van der Waals surface area (Å²) in [4.78, 5) is 14.3. The monoisotopic (exact) mass is 320 g/mol. The topological polar surface area (TPSA) is 32.3 Å². The Kier molecular flexibility index (Phi) is 4.74. The first-order chi connectivity index (χ1) is 10.5. The van der Waals surface area contributed by atoms with Gasteiger partial charge in [0.2, 0.25) is 5.91 Å². The fourth-order valence-electron chi connectivity index (χ4n) is 3.38. The van der Waals surface area contributed by atoms with Gasteiger partial charge in [0, 0.05) is 36.1 Å². The maximum atomic E-state index is 12.2. The first-order valence-electron chi connectivity index (χ1n) is 8.35. The van der Waals surface area contributed by atoms with Crippen LogP contribution in [0.3, 0.4) is 0 Å². The van der Waals surface area contributed by atoms with Crippen LogP contribution in [-0.2, 0) is 4.79 Å². The van der Waals surface area contributed by atoms with Gasteiger partial charge in [-0.1, -0.05) is 30.7 Å². The highest BCUT2D eigenvalue weighted by atomic mass is 35.5. The van der Waals surface area contributed by atoms with Gasteiger partial charge in [-0.15, -0.1) is 0 Å². The highest BCUT2D eigenvalue weighted by Gasteiger charge is 2.37. The van der Waals surface area contributed by atoms with Crippen LogP contribution in [0.4, 0.5) is 0 Å². The van der Waals surface area contributed by atoms with E-state index in [1.54, 1.807) is 0 Å². The molecule has 22 heavy (non-hydrogen) atoms. The van der Waals surface area contributed by atoms with Gasteiger partial charge in [-0.2, -0.15) is 0 Å². The van der Waals surface area contributed by atoms with Crippen LogP contribution in [-0.4, -0.2) is 29.9 Å². The third kappa shape index (κ3) is 3.64. The lowest BCUT2D eigenvalue weighted by Gasteiger charge is -2.39. The van der Waals surface area contributed by atoms with Crippen LogP contribution in [0.5, 0.6) is 0 Å². The van der Waals surface area contributed by atoms with Crippen LogP contribution in [0.1, 0.15) is 44.7 Å². The van der Waals surface area contributed by atoms with Crippen LogP contribution in [0.25, 0.3) is 0 Å². The van der Waals surface area contributed by atoms with Crippen molar-refractivity contribution >= 4 is 17.5 Å². The van der Waals surface area contributed by atoms with E-state index in [-0.39, 0.29) is 6.04 Å². The van der Waals surface area contributed by atoms with Gasteiger partial charge in [-0.3, -0.25) is 4.79 Å². The molecule has 120 valence electrons. The van der Waals surface area contributed by atoms with E-state index in [9.17, 15) is 4.79 Å². The number of piperidine rings is 1. The summed E-state index contributed by atoms with van der Waals surface area (Å²) in [5.74, 6) is 1.20. The molecule has 3 rings (SSSR count). The van der Waals surface area contributed by atoms with Gasteiger partial charge >= 0.3 is 0 Å². The van der Waals surface area contributed by atoms with Crippen molar-refractivity contribution in [1.82, 2.24) is 10.2 Å². The number of benzene rings is 1. The van der Waals surface area contributed by atoms with Crippen LogP contribution >= 0.6 is 11.6 Å². The fraction of sp³-hybridized carbons (Fsp3) is 0.611. The van der Waals surface area contributed by atoms with Crippen molar-refractivity contribution < 1.29 is 4.79 Å². The molecule has 1 N–H and O–H groups in total. The number of rotatable bonds is 4. The summed E-state index contributed by atoms with van der Waals surface area (Å²) < 4.78 is 0. The fourth-order valence-corrected chi connectivity index (χ4v) is 3.57. The zero-order chi connectivity index (χ0) is 15.7. The van der Waals surface area contributed by atoms with Crippen LogP contribution < -0.4 is 5.32 Å². The van der Waals surface area contributed by atoms with Gasteiger partial charge in [0.1, 0.15) is 0 Å². The number of hydrogen-bond donors (Lipinski definition) is 1. The minimum Gasteiger partial charge on any atom is -0.342 e. The number of carbonyl (C=O) groups excluding carboxylic acids is 1. The summed E-state index contributed by atoms with van der Waals surface area (Å²) in [5, 5.41) is 4.50. The molecule has 0 unspecified atom stereocenters. The van der Waals surface area contributed by atoms with E-state index in [2.05, 4.69) is 30.1 Å². The Morgan fingerprint density at radius 3 is 2.77 bits per heavy atom. The number of likely N-dealkylation sites (tertiary alicyclic amines) is 1. The molecule has 0 aromatic heterocycles. The molecule has 2 fully saturated rings. The first kappa shape index (κ1) is 15.8. The Morgan fingerprint density at radius 2 is 2.14 bits per heavy atom. The summed E-state index contributed by atoms with van der Waals surface area (Å²) in [6, 6.07) is 8.77. The van der Waals surface area contributed by atoms with Crippen LogP contribution in [0, 0.1) is 11.8 Å². The second kappa shape index (κ2) is 6.59. The van der Waals surface area contributed by atoms with E-state index in [1.165, 1.54) is 5.56 Å². The van der Waals surface area contributed by atoms with Crippen molar-refractivity contribution in [3.63, 3.8) is 0 Å². The maximum absolute atomic E-state index is 12.2. The molecule has 1 aliphatic carbocycles. The van der Waals surface area contributed by atoms with E-state index >= 15 is 0 Å². The number of amides is 1. The molecule has 1 aromatic carbocycles. The van der Waals surface area contributed by atoms with E-state index in [4.69, 9.17) is 11.6 Å². The Balaban J connectivity index is 1.56. The first-order valence-corrected chi connectivity index (χ1v) is 8.72. The lowest BCUT2D eigenvalue weighted by atomic mass is 9.92. The molecule has 3 atom stereocenters. The maximum Gasteiger partial charge on any atom is 0.225 e. The summed E-state index contributed by atoms with van der Waals surface area (Å²) in [7, 11) is 0. The molecule has 0 bridgehead atoms. The molecule has 1 saturated carbocycles. The average molecular weight is 321 g/mol. The Morgan fingerprint density at radius 1 is 1.36 bits per heavy atom. The van der Waals surface area contributed by atoms with Gasteiger partial charge in [0.25, 0.3) is 0 Å². The Labute approximate surface area is 138 Å². The Hall–Kier alpha value is -1.06. The second-order valence-corrected chi connectivity index (χ2v) is 7.31. The number of hydrogen-bond acceptors (Lipinski definition) is 2. The standard InChI is InChI=1S/C18H25ClN2O/c1-12-11-21(18(22)14-6-7-14)9-8-17(12)20-13(2)15-4-3-5-16(19)10-15/h3-5,10,12-14,17,20H,6-9,11H2,1-2H3/t12-,13+,17+/m1/s1. The highest BCUT2D eigenvalue weighted by Crippen LogP contribution is 2.32. The number of carbonyl (C=O) groups is 1. The SMILES string of the molecule is C[C@H](N[C@H]1CCN(C(=O)C2CC2)C[C@H]1C)c1cccc(Cl)c1. The van der Waals surface area contributed by atoms with Crippen LogP contribution in [0.15, 0.2) is 24.3 Å². The van der Waals surface area contributed by atoms with Crippen molar-refractivity contribution in [2.75, 3.05) is 13.1 Å². The smallest absolute Gasteiger partial charge is 0.225 e. The van der Waals surface area contributed by atoms with Crippen LogP contribution in [0.2, 0.25) is 5.02 Å². The van der Waals surface area contributed by atoms with E-state index < -0.39 is 0 Å². The van der Waals surface area contributed by atoms with E-state index in [0.29, 0.717) is 23.8 Å². The summed E-state index contributed by atoms with van der Waals surface area (Å²) in [6.45, 7) is 6.20. The largest absolute Gasteiger partial charge is 0.342 e. The van der Waals surface area contributed by atoms with Gasteiger partial charge < -0.3 is 10.2 Å². The van der Waals surface area contributed by atoms with Crippen molar-refractivity contribution in [3.8, 4) is 0 Å². The molecule has 4 heteroatoms. The molecule has 2 aliphatic rings. The summed E-state index contributed by atoms with van der Waals surface area (Å²) >= 11 is 6.08. The van der Waals surface area contributed by atoms with Crippen molar-refractivity contribution in [2.24, 2.45) is 11.8 Å². The summed E-state index contributed by atoms with van der Waals surface area (Å²) in [6.07, 6.45) is 3.22. The van der Waals surface area contributed by atoms with E-state index in [0.717, 1.165) is 37.4 Å². The molecular weight excluding hydrogens is 296 g/mol. The number of nitrogens with one attached hydrogen (secondary N) is 1. The molecule has 3 nitrogen and oxygen atoms in total. The third-order valence-electron chi connectivity index (χ3n) is 4.96. The molecule has 0 radical (unpaired) electrons. The summed E-state index contributed by atoms with van der Waals surface area (Å²) in [5.41, 5.74) is 1.22. The quantitative estimate of drug-likeness (QED) is 0.918. The van der Waals surface area contributed by atoms with E-state index in [1.807, 2.05) is 18.2 Å². The second-order valence-electron chi connectivity index (χ2n) is 6.87. The zero-order valence-electron chi connectivity index (χ0n) is 13.4. The van der Waals surface area contributed by atoms with Gasteiger partial charge in [0.05, 0.1) is 0 Å². The predicted octanol–water partition coefficient (Wildman–Crippen LogP) is 3.64. The lowest BCUT2D eigenvalue weighted by molar-refractivity contribution is -0.134. The lowest BCUT2D eigenvalue weighted by Crippen LogP contribution is -2.50. The molecular formula is C18H25ClN2O. The number of nitrogens with zero attached hydrogens (tertiary/aromatic N) is 1. The van der Waals surface area contributed by atoms with Gasteiger partial charge in [-0.25, -0.2) is 0 Å².